The molecule has 2 fully saturated rings. The Hall–Kier alpha value is -2.90. The third kappa shape index (κ3) is 2.83. The molecular weight excluding hydrogens is 366 g/mol. The minimum absolute atomic E-state index is 0.0464. The monoisotopic (exact) mass is 384 g/mol. The molecule has 1 N–H and O–H groups in total. The fourth-order valence-corrected chi connectivity index (χ4v) is 4.04. The van der Waals surface area contributed by atoms with Crippen LogP contribution < -0.4 is 5.32 Å². The Bertz CT molecular complexity index is 977. The van der Waals surface area contributed by atoms with Gasteiger partial charge in [0.15, 0.2) is 5.82 Å². The maximum absolute atomic E-state index is 14.4. The highest BCUT2D eigenvalue weighted by Gasteiger charge is 2.61. The van der Waals surface area contributed by atoms with E-state index in [1.165, 1.54) is 10.5 Å². The van der Waals surface area contributed by atoms with Gasteiger partial charge in [-0.1, -0.05) is 12.1 Å². The van der Waals surface area contributed by atoms with Gasteiger partial charge in [-0.25, -0.2) is 18.7 Å². The van der Waals surface area contributed by atoms with Crippen molar-refractivity contribution in [3.05, 3.63) is 53.1 Å². The summed E-state index contributed by atoms with van der Waals surface area (Å²) in [6.07, 6.45) is 3.50. The van der Waals surface area contributed by atoms with Gasteiger partial charge in [-0.2, -0.15) is 0 Å². The first-order chi connectivity index (χ1) is 13.5. The number of aromatic nitrogens is 2. The highest BCUT2D eigenvalue weighted by atomic mass is 19.1. The standard InChI is InChI=1S/C20H18F2N4O2/c21-13-7-23-19(24-8-13)25-17(27)9-26-10-20(6-16(20)22)15-5-12(11-1-2-11)3-4-14(15)18(26)28/h3-5,7-8,11,16H,1-2,6,9-10H2,(H,23,24,25,27)/t16-,20-/m1/s1. The molecule has 8 heteroatoms. The molecule has 2 saturated carbocycles. The smallest absolute Gasteiger partial charge is 0.254 e. The predicted octanol–water partition coefficient (Wildman–Crippen LogP) is 2.57. The second-order valence-corrected chi connectivity index (χ2v) is 7.84. The summed E-state index contributed by atoms with van der Waals surface area (Å²) < 4.78 is 27.3. The molecule has 3 aliphatic rings. The summed E-state index contributed by atoms with van der Waals surface area (Å²) in [4.78, 5) is 33.9. The Morgan fingerprint density at radius 1 is 1.29 bits per heavy atom. The Balaban J connectivity index is 1.37. The first-order valence-corrected chi connectivity index (χ1v) is 9.31. The summed E-state index contributed by atoms with van der Waals surface area (Å²) >= 11 is 0. The zero-order valence-corrected chi connectivity index (χ0v) is 15.0. The number of halogens is 2. The number of alkyl halides is 1. The average molecular weight is 384 g/mol. The summed E-state index contributed by atoms with van der Waals surface area (Å²) in [5.74, 6) is -0.930. The van der Waals surface area contributed by atoms with Crippen LogP contribution >= 0.6 is 0 Å². The minimum atomic E-state index is -1.01. The largest absolute Gasteiger partial charge is 0.328 e. The number of nitrogens with one attached hydrogen (secondary N) is 1. The first-order valence-electron chi connectivity index (χ1n) is 9.31. The molecule has 5 rings (SSSR count). The Morgan fingerprint density at radius 3 is 2.64 bits per heavy atom. The number of carbonyl (C=O) groups excluding carboxylic acids is 2. The predicted molar refractivity (Wildman–Crippen MR) is 96.1 cm³/mol. The molecule has 2 aromatic rings. The van der Waals surface area contributed by atoms with Crippen molar-refractivity contribution >= 4 is 17.8 Å². The quantitative estimate of drug-likeness (QED) is 0.879. The molecule has 6 nitrogen and oxygen atoms in total. The van der Waals surface area contributed by atoms with Crippen LogP contribution in [0.4, 0.5) is 14.7 Å². The third-order valence-electron chi connectivity index (χ3n) is 5.81. The molecule has 144 valence electrons. The van der Waals surface area contributed by atoms with E-state index >= 15 is 0 Å². The second-order valence-electron chi connectivity index (χ2n) is 7.84. The summed E-state index contributed by atoms with van der Waals surface area (Å²) in [5.41, 5.74) is 1.72. The van der Waals surface area contributed by atoms with E-state index in [0.29, 0.717) is 17.9 Å². The van der Waals surface area contributed by atoms with Crippen LogP contribution in [0.3, 0.4) is 0 Å². The number of carbonyl (C=O) groups is 2. The van der Waals surface area contributed by atoms with Crippen molar-refractivity contribution in [3.8, 4) is 0 Å². The first kappa shape index (κ1) is 17.2. The minimum Gasteiger partial charge on any atom is -0.328 e. The average Bonchev–Trinajstić information content (AvgIpc) is 3.59. The van der Waals surface area contributed by atoms with Crippen molar-refractivity contribution in [2.75, 3.05) is 18.4 Å². The molecule has 2 aliphatic carbocycles. The van der Waals surface area contributed by atoms with Crippen LogP contribution in [0.15, 0.2) is 30.6 Å². The number of nitrogens with zero attached hydrogens (tertiary/aromatic N) is 3. The fourth-order valence-electron chi connectivity index (χ4n) is 4.04. The third-order valence-corrected chi connectivity index (χ3v) is 5.81. The molecule has 2 amide bonds. The lowest BCUT2D eigenvalue weighted by molar-refractivity contribution is -0.117. The van der Waals surface area contributed by atoms with Crippen LogP contribution in [0.5, 0.6) is 0 Å². The number of amides is 2. The molecule has 0 bridgehead atoms. The topological polar surface area (TPSA) is 75.2 Å². The Kier molecular flexibility index (Phi) is 3.72. The van der Waals surface area contributed by atoms with E-state index in [-0.39, 0.29) is 24.9 Å². The maximum atomic E-state index is 14.4. The lowest BCUT2D eigenvalue weighted by atomic mass is 9.84. The Labute approximate surface area is 160 Å². The van der Waals surface area contributed by atoms with E-state index in [1.807, 2.05) is 12.1 Å². The fraction of sp³-hybridized carbons (Fsp3) is 0.400. The summed E-state index contributed by atoms with van der Waals surface area (Å²) in [6.45, 7) is -0.0658. The molecule has 0 saturated heterocycles. The Morgan fingerprint density at radius 2 is 2.00 bits per heavy atom. The molecule has 1 spiro atoms. The zero-order chi connectivity index (χ0) is 19.5. The molecule has 2 heterocycles. The van der Waals surface area contributed by atoms with Crippen molar-refractivity contribution in [1.29, 1.82) is 0 Å². The van der Waals surface area contributed by atoms with E-state index in [4.69, 9.17) is 0 Å². The molecule has 1 aromatic heterocycles. The van der Waals surface area contributed by atoms with Gasteiger partial charge in [0.25, 0.3) is 5.91 Å². The summed E-state index contributed by atoms with van der Waals surface area (Å²) in [6, 6.07) is 5.70. The van der Waals surface area contributed by atoms with Gasteiger partial charge in [0.2, 0.25) is 11.9 Å². The number of fused-ring (bicyclic) bond motifs is 2. The lowest BCUT2D eigenvalue weighted by Crippen LogP contribution is -2.47. The number of rotatable bonds is 4. The zero-order valence-electron chi connectivity index (χ0n) is 15.0. The van der Waals surface area contributed by atoms with Crippen molar-refractivity contribution in [1.82, 2.24) is 14.9 Å². The number of benzene rings is 1. The van der Waals surface area contributed by atoms with Gasteiger partial charge in [0.05, 0.1) is 12.4 Å². The highest BCUT2D eigenvalue weighted by molar-refractivity contribution is 6.01. The van der Waals surface area contributed by atoms with Crippen LogP contribution in [0.2, 0.25) is 0 Å². The van der Waals surface area contributed by atoms with Gasteiger partial charge in [-0.05, 0) is 42.4 Å². The van der Waals surface area contributed by atoms with Crippen molar-refractivity contribution in [3.63, 3.8) is 0 Å². The number of hydrogen-bond acceptors (Lipinski definition) is 4. The van der Waals surface area contributed by atoms with Gasteiger partial charge >= 0.3 is 0 Å². The summed E-state index contributed by atoms with van der Waals surface area (Å²) in [5, 5.41) is 2.44. The lowest BCUT2D eigenvalue weighted by Gasteiger charge is -2.34. The normalized spacial score (nSPS) is 25.6. The number of anilines is 1. The number of hydrogen-bond donors (Lipinski definition) is 1. The van der Waals surface area contributed by atoms with Crippen LogP contribution in [-0.4, -0.2) is 45.9 Å². The van der Waals surface area contributed by atoms with Crippen molar-refractivity contribution < 1.29 is 18.4 Å². The SMILES string of the molecule is O=C(CN1C[C@]2(C[C@H]2F)c2cc(C3CC3)ccc2C1=O)Nc1ncc(F)cn1. The summed E-state index contributed by atoms with van der Waals surface area (Å²) in [7, 11) is 0. The van der Waals surface area contributed by atoms with Crippen LogP contribution in [0, 0.1) is 5.82 Å². The van der Waals surface area contributed by atoms with Gasteiger partial charge in [0, 0.05) is 17.5 Å². The van der Waals surface area contributed by atoms with Gasteiger partial charge in [0.1, 0.15) is 12.7 Å². The molecule has 1 aliphatic heterocycles. The van der Waals surface area contributed by atoms with Crippen LogP contribution in [0.1, 0.15) is 46.7 Å². The molecule has 2 atom stereocenters. The van der Waals surface area contributed by atoms with Crippen LogP contribution in [-0.2, 0) is 10.2 Å². The maximum Gasteiger partial charge on any atom is 0.254 e. The van der Waals surface area contributed by atoms with Crippen molar-refractivity contribution in [2.24, 2.45) is 0 Å². The van der Waals surface area contributed by atoms with E-state index in [0.717, 1.165) is 30.8 Å². The highest BCUT2D eigenvalue weighted by Crippen LogP contribution is 2.55. The van der Waals surface area contributed by atoms with Gasteiger partial charge in [-0.15, -0.1) is 0 Å². The van der Waals surface area contributed by atoms with E-state index < -0.39 is 23.3 Å². The molecular formula is C20H18F2N4O2. The van der Waals surface area contributed by atoms with Crippen LogP contribution in [0.25, 0.3) is 0 Å². The molecule has 0 unspecified atom stereocenters. The van der Waals surface area contributed by atoms with Crippen molar-refractivity contribution in [2.45, 2.75) is 36.8 Å². The van der Waals surface area contributed by atoms with E-state index in [1.54, 1.807) is 6.07 Å². The molecule has 1 aromatic carbocycles. The van der Waals surface area contributed by atoms with Gasteiger partial charge in [-0.3, -0.25) is 14.9 Å². The van der Waals surface area contributed by atoms with E-state index in [2.05, 4.69) is 15.3 Å². The van der Waals surface area contributed by atoms with Gasteiger partial charge < -0.3 is 4.90 Å². The second kappa shape index (κ2) is 6.05. The van der Waals surface area contributed by atoms with E-state index in [9.17, 15) is 18.4 Å². The molecule has 0 radical (unpaired) electrons. The molecule has 28 heavy (non-hydrogen) atoms.